The van der Waals surface area contributed by atoms with E-state index in [-0.39, 0.29) is 12.1 Å². The number of rotatable bonds is 5. The molecule has 2 N–H and O–H groups in total. The van der Waals surface area contributed by atoms with Crippen LogP contribution in [0.15, 0.2) is 5.38 Å². The van der Waals surface area contributed by atoms with Crippen LogP contribution in [0.1, 0.15) is 50.5 Å². The molecule has 0 aliphatic heterocycles. The van der Waals surface area contributed by atoms with E-state index < -0.39 is 0 Å². The summed E-state index contributed by atoms with van der Waals surface area (Å²) in [6.07, 6.45) is 0.104. The van der Waals surface area contributed by atoms with Crippen LogP contribution in [0.4, 0.5) is 0 Å². The molecule has 0 bridgehead atoms. The molecule has 86 valence electrons. The van der Waals surface area contributed by atoms with Gasteiger partial charge in [0, 0.05) is 18.0 Å². The molecule has 1 aromatic rings. The zero-order chi connectivity index (χ0) is 11.4. The Labute approximate surface area is 95.7 Å². The molecule has 1 heterocycles. The smallest absolute Gasteiger partial charge is 0.122 e. The summed E-state index contributed by atoms with van der Waals surface area (Å²) in [5, 5.41) is 3.06. The monoisotopic (exact) mass is 228 g/mol. The molecule has 0 spiro atoms. The van der Waals surface area contributed by atoms with Crippen molar-refractivity contribution in [1.82, 2.24) is 4.98 Å². The highest BCUT2D eigenvalue weighted by atomic mass is 32.1. The van der Waals surface area contributed by atoms with E-state index in [4.69, 9.17) is 10.5 Å². The SMILES string of the molecule is CCOC(c1nc(C(C)N)cs1)C(C)C. The number of ether oxygens (including phenoxy) is 1. The molecule has 0 fully saturated rings. The van der Waals surface area contributed by atoms with Gasteiger partial charge in [-0.15, -0.1) is 11.3 Å². The standard InChI is InChI=1S/C11H20N2OS/c1-5-14-10(7(2)3)11-13-9(6-15-11)8(4)12/h6-8,10H,5,12H2,1-4H3. The highest BCUT2D eigenvalue weighted by Crippen LogP contribution is 2.29. The van der Waals surface area contributed by atoms with E-state index in [2.05, 4.69) is 18.8 Å². The highest BCUT2D eigenvalue weighted by Gasteiger charge is 2.20. The highest BCUT2D eigenvalue weighted by molar-refractivity contribution is 7.09. The Morgan fingerprint density at radius 3 is 2.53 bits per heavy atom. The number of hydrogen-bond acceptors (Lipinski definition) is 4. The van der Waals surface area contributed by atoms with Crippen LogP contribution in [-0.4, -0.2) is 11.6 Å². The molecule has 1 aromatic heterocycles. The van der Waals surface area contributed by atoms with E-state index in [9.17, 15) is 0 Å². The summed E-state index contributed by atoms with van der Waals surface area (Å²) in [5.74, 6) is 0.442. The molecule has 0 amide bonds. The van der Waals surface area contributed by atoms with Crippen molar-refractivity contribution in [3.8, 4) is 0 Å². The van der Waals surface area contributed by atoms with Gasteiger partial charge in [0.05, 0.1) is 5.69 Å². The van der Waals surface area contributed by atoms with Crippen molar-refractivity contribution in [3.05, 3.63) is 16.1 Å². The van der Waals surface area contributed by atoms with Gasteiger partial charge in [-0.2, -0.15) is 0 Å². The predicted octanol–water partition coefficient (Wildman–Crippen LogP) is 2.90. The van der Waals surface area contributed by atoms with Crippen LogP contribution in [0.2, 0.25) is 0 Å². The van der Waals surface area contributed by atoms with Crippen LogP contribution in [0.5, 0.6) is 0 Å². The van der Waals surface area contributed by atoms with E-state index in [1.807, 2.05) is 19.2 Å². The zero-order valence-electron chi connectivity index (χ0n) is 9.86. The largest absolute Gasteiger partial charge is 0.371 e. The molecule has 0 aliphatic carbocycles. The van der Waals surface area contributed by atoms with Crippen molar-refractivity contribution in [1.29, 1.82) is 0 Å². The first-order chi connectivity index (χ1) is 7.06. The normalized spacial score (nSPS) is 15.6. The molecular formula is C11H20N2OS. The Hall–Kier alpha value is -0.450. The van der Waals surface area contributed by atoms with Crippen molar-refractivity contribution < 1.29 is 4.74 Å². The molecule has 4 heteroatoms. The van der Waals surface area contributed by atoms with Gasteiger partial charge in [0.25, 0.3) is 0 Å². The summed E-state index contributed by atoms with van der Waals surface area (Å²) in [6.45, 7) is 8.97. The first kappa shape index (κ1) is 12.6. The van der Waals surface area contributed by atoms with Gasteiger partial charge in [-0.05, 0) is 19.8 Å². The summed E-state index contributed by atoms with van der Waals surface area (Å²) < 4.78 is 5.69. The quantitative estimate of drug-likeness (QED) is 0.843. The lowest BCUT2D eigenvalue weighted by molar-refractivity contribution is 0.0292. The summed E-state index contributed by atoms with van der Waals surface area (Å²) >= 11 is 1.64. The topological polar surface area (TPSA) is 48.1 Å². The minimum Gasteiger partial charge on any atom is -0.371 e. The van der Waals surface area contributed by atoms with Gasteiger partial charge in [-0.3, -0.25) is 0 Å². The van der Waals surface area contributed by atoms with Crippen LogP contribution in [0.3, 0.4) is 0 Å². The average molecular weight is 228 g/mol. The number of thiazole rings is 1. The molecule has 3 nitrogen and oxygen atoms in total. The van der Waals surface area contributed by atoms with Crippen molar-refractivity contribution >= 4 is 11.3 Å². The summed E-state index contributed by atoms with van der Waals surface area (Å²) in [7, 11) is 0. The van der Waals surface area contributed by atoms with E-state index in [0.717, 1.165) is 17.3 Å². The number of hydrogen-bond donors (Lipinski definition) is 1. The van der Waals surface area contributed by atoms with E-state index in [0.29, 0.717) is 5.92 Å². The molecular weight excluding hydrogens is 208 g/mol. The molecule has 1 rings (SSSR count). The Morgan fingerprint density at radius 2 is 2.13 bits per heavy atom. The minimum atomic E-state index is 0.00411. The van der Waals surface area contributed by atoms with E-state index in [1.165, 1.54) is 0 Å². The average Bonchev–Trinajstić information content (AvgIpc) is 2.62. The summed E-state index contributed by atoms with van der Waals surface area (Å²) in [5.41, 5.74) is 6.74. The maximum Gasteiger partial charge on any atom is 0.122 e. The van der Waals surface area contributed by atoms with Gasteiger partial charge in [0.1, 0.15) is 11.1 Å². The molecule has 2 atom stereocenters. The van der Waals surface area contributed by atoms with E-state index >= 15 is 0 Å². The van der Waals surface area contributed by atoms with Crippen molar-refractivity contribution in [2.75, 3.05) is 6.61 Å². The fraction of sp³-hybridized carbons (Fsp3) is 0.727. The molecule has 0 aliphatic rings. The molecule has 15 heavy (non-hydrogen) atoms. The fourth-order valence-corrected chi connectivity index (χ4v) is 2.51. The van der Waals surface area contributed by atoms with Gasteiger partial charge < -0.3 is 10.5 Å². The second-order valence-corrected chi connectivity index (χ2v) is 4.91. The predicted molar refractivity (Wildman–Crippen MR) is 63.9 cm³/mol. The Kier molecular flexibility index (Phi) is 4.70. The maximum atomic E-state index is 5.78. The second kappa shape index (κ2) is 5.58. The molecule has 2 unspecified atom stereocenters. The number of nitrogens with two attached hydrogens (primary N) is 1. The Balaban J connectivity index is 2.81. The van der Waals surface area contributed by atoms with Crippen molar-refractivity contribution in [3.63, 3.8) is 0 Å². The van der Waals surface area contributed by atoms with Crippen LogP contribution in [0, 0.1) is 5.92 Å². The van der Waals surface area contributed by atoms with Crippen LogP contribution >= 0.6 is 11.3 Å². The van der Waals surface area contributed by atoms with Gasteiger partial charge in [-0.1, -0.05) is 13.8 Å². The maximum absolute atomic E-state index is 5.78. The van der Waals surface area contributed by atoms with Gasteiger partial charge in [-0.25, -0.2) is 4.98 Å². The molecule has 0 radical (unpaired) electrons. The summed E-state index contributed by atoms with van der Waals surface area (Å²) in [6, 6.07) is 0.00411. The lowest BCUT2D eigenvalue weighted by Gasteiger charge is -2.18. The van der Waals surface area contributed by atoms with Gasteiger partial charge >= 0.3 is 0 Å². The first-order valence-electron chi connectivity index (χ1n) is 5.38. The molecule has 0 saturated carbocycles. The van der Waals surface area contributed by atoms with Crippen LogP contribution in [0.25, 0.3) is 0 Å². The van der Waals surface area contributed by atoms with Gasteiger partial charge in [0.15, 0.2) is 0 Å². The number of nitrogens with zero attached hydrogens (tertiary/aromatic N) is 1. The Bertz CT molecular complexity index is 297. The first-order valence-corrected chi connectivity index (χ1v) is 6.26. The van der Waals surface area contributed by atoms with Crippen molar-refractivity contribution in [2.24, 2.45) is 11.7 Å². The van der Waals surface area contributed by atoms with E-state index in [1.54, 1.807) is 11.3 Å². The molecule has 0 saturated heterocycles. The zero-order valence-corrected chi connectivity index (χ0v) is 10.7. The Morgan fingerprint density at radius 1 is 1.47 bits per heavy atom. The minimum absolute atomic E-state index is 0.00411. The second-order valence-electron chi connectivity index (χ2n) is 4.02. The van der Waals surface area contributed by atoms with Crippen LogP contribution in [-0.2, 0) is 4.74 Å². The molecule has 0 aromatic carbocycles. The van der Waals surface area contributed by atoms with Gasteiger partial charge in [0.2, 0.25) is 0 Å². The summed E-state index contributed by atoms with van der Waals surface area (Å²) in [4.78, 5) is 4.52. The third-order valence-corrected chi connectivity index (χ3v) is 3.13. The van der Waals surface area contributed by atoms with Crippen molar-refractivity contribution in [2.45, 2.75) is 39.8 Å². The third kappa shape index (κ3) is 3.26. The fourth-order valence-electron chi connectivity index (χ4n) is 1.37. The number of aromatic nitrogens is 1. The third-order valence-electron chi connectivity index (χ3n) is 2.20. The van der Waals surface area contributed by atoms with Crippen LogP contribution < -0.4 is 5.73 Å². The lowest BCUT2D eigenvalue weighted by atomic mass is 10.1. The lowest BCUT2D eigenvalue weighted by Crippen LogP contribution is -2.12.